The van der Waals surface area contributed by atoms with Crippen LogP contribution in [-0.4, -0.2) is 40.0 Å². The molecule has 1 aliphatic rings. The molecule has 1 aromatic carbocycles. The monoisotopic (exact) mass is 439 g/mol. The van der Waals surface area contributed by atoms with E-state index in [9.17, 15) is 19.6 Å². The van der Waals surface area contributed by atoms with E-state index in [0.29, 0.717) is 30.0 Å². The van der Waals surface area contributed by atoms with Gasteiger partial charge in [-0.15, -0.1) is 0 Å². The van der Waals surface area contributed by atoms with E-state index in [1.807, 2.05) is 11.0 Å². The summed E-state index contributed by atoms with van der Waals surface area (Å²) in [6, 6.07) is 10.5. The van der Waals surface area contributed by atoms with Crippen LogP contribution in [-0.2, 0) is 18.3 Å². The Hall–Kier alpha value is -3.54. The summed E-state index contributed by atoms with van der Waals surface area (Å²) in [7, 11) is 1.43. The van der Waals surface area contributed by atoms with Crippen LogP contribution in [0.15, 0.2) is 39.9 Å². The van der Waals surface area contributed by atoms with Crippen molar-refractivity contribution in [2.24, 2.45) is 7.05 Å². The molecule has 170 valence electrons. The van der Waals surface area contributed by atoms with Crippen molar-refractivity contribution in [3.8, 4) is 6.07 Å². The Morgan fingerprint density at radius 3 is 2.69 bits per heavy atom. The van der Waals surface area contributed by atoms with Crippen molar-refractivity contribution in [3.63, 3.8) is 0 Å². The SMILES string of the molecule is Cn1c(=O)cc(N2CCC[C@@H](NC(=O)OC(C)(C)C)C2)n(Cc2ccccc2C#N)c1=O. The van der Waals surface area contributed by atoms with Gasteiger partial charge < -0.3 is 15.0 Å². The number of amides is 1. The van der Waals surface area contributed by atoms with Crippen molar-refractivity contribution in [2.45, 2.75) is 51.8 Å². The van der Waals surface area contributed by atoms with E-state index in [-0.39, 0.29) is 12.6 Å². The average Bonchev–Trinajstić information content (AvgIpc) is 2.73. The van der Waals surface area contributed by atoms with Crippen LogP contribution in [0.4, 0.5) is 10.6 Å². The van der Waals surface area contributed by atoms with Crippen LogP contribution in [0.25, 0.3) is 0 Å². The number of benzene rings is 1. The Labute approximate surface area is 186 Å². The number of aromatic nitrogens is 2. The Morgan fingerprint density at radius 2 is 2.00 bits per heavy atom. The Balaban J connectivity index is 1.91. The van der Waals surface area contributed by atoms with Crippen LogP contribution in [0, 0.1) is 11.3 Å². The van der Waals surface area contributed by atoms with E-state index in [1.54, 1.807) is 39.0 Å². The number of carbonyl (C=O) groups excluding carboxylic acids is 1. The zero-order chi connectivity index (χ0) is 23.5. The topological polar surface area (TPSA) is 109 Å². The highest BCUT2D eigenvalue weighted by atomic mass is 16.6. The third kappa shape index (κ3) is 5.38. The molecule has 2 heterocycles. The minimum atomic E-state index is -0.599. The van der Waals surface area contributed by atoms with Gasteiger partial charge in [0.2, 0.25) is 0 Å². The lowest BCUT2D eigenvalue weighted by Crippen LogP contribution is -2.51. The number of nitriles is 1. The molecule has 9 heteroatoms. The smallest absolute Gasteiger partial charge is 0.407 e. The molecule has 0 unspecified atom stereocenters. The number of rotatable bonds is 4. The molecule has 0 aliphatic carbocycles. The van der Waals surface area contributed by atoms with Crippen LogP contribution < -0.4 is 21.5 Å². The number of nitrogens with one attached hydrogen (secondary N) is 1. The Bertz CT molecular complexity index is 1150. The standard InChI is InChI=1S/C23H29N5O4/c1-23(2,3)32-21(30)25-18-10-7-11-27(15-18)19-12-20(29)26(4)22(31)28(19)14-17-9-6-5-8-16(17)13-24/h5-6,8-9,12,18H,7,10-11,14-15H2,1-4H3,(H,25,30)/t18-/m1/s1. The predicted octanol–water partition coefficient (Wildman–Crippen LogP) is 1.96. The summed E-state index contributed by atoms with van der Waals surface area (Å²) in [6.45, 7) is 6.64. The number of nitrogens with zero attached hydrogens (tertiary/aromatic N) is 4. The normalized spacial score (nSPS) is 16.3. The van der Waals surface area contributed by atoms with E-state index in [2.05, 4.69) is 11.4 Å². The molecule has 1 N–H and O–H groups in total. The first kappa shape index (κ1) is 23.1. The fourth-order valence-corrected chi connectivity index (χ4v) is 3.78. The first-order valence-corrected chi connectivity index (χ1v) is 10.6. The third-order valence-electron chi connectivity index (χ3n) is 5.31. The fraction of sp³-hybridized carbons (Fsp3) is 0.478. The molecule has 0 radical (unpaired) electrons. The van der Waals surface area contributed by atoms with E-state index >= 15 is 0 Å². The lowest BCUT2D eigenvalue weighted by atomic mass is 10.1. The zero-order valence-corrected chi connectivity index (χ0v) is 18.9. The van der Waals surface area contributed by atoms with Gasteiger partial charge in [-0.1, -0.05) is 18.2 Å². The first-order chi connectivity index (χ1) is 15.1. The lowest BCUT2D eigenvalue weighted by Gasteiger charge is -2.36. The van der Waals surface area contributed by atoms with Gasteiger partial charge in [-0.25, -0.2) is 9.59 Å². The molecule has 3 rings (SSSR count). The maximum Gasteiger partial charge on any atom is 0.407 e. The molecule has 32 heavy (non-hydrogen) atoms. The van der Waals surface area contributed by atoms with Gasteiger partial charge in [0.15, 0.2) is 0 Å². The molecule has 1 saturated heterocycles. The number of piperidine rings is 1. The molecule has 1 aliphatic heterocycles. The molecule has 1 atom stereocenters. The quantitative estimate of drug-likeness (QED) is 0.780. The van der Waals surface area contributed by atoms with Gasteiger partial charge in [-0.3, -0.25) is 13.9 Å². The summed E-state index contributed by atoms with van der Waals surface area (Å²) < 4.78 is 7.92. The molecule has 2 aromatic rings. The average molecular weight is 440 g/mol. The van der Waals surface area contributed by atoms with E-state index in [1.165, 1.54) is 17.7 Å². The van der Waals surface area contributed by atoms with Crippen molar-refractivity contribution < 1.29 is 9.53 Å². The Morgan fingerprint density at radius 1 is 1.28 bits per heavy atom. The zero-order valence-electron chi connectivity index (χ0n) is 18.9. The molecular weight excluding hydrogens is 410 g/mol. The van der Waals surface area contributed by atoms with Crippen molar-refractivity contribution in [2.75, 3.05) is 18.0 Å². The highest BCUT2D eigenvalue weighted by Gasteiger charge is 2.26. The number of alkyl carbamates (subject to hydrolysis) is 1. The lowest BCUT2D eigenvalue weighted by molar-refractivity contribution is 0.0500. The largest absolute Gasteiger partial charge is 0.444 e. The van der Waals surface area contributed by atoms with E-state index < -0.39 is 22.9 Å². The maximum atomic E-state index is 13.0. The predicted molar refractivity (Wildman–Crippen MR) is 121 cm³/mol. The second kappa shape index (κ2) is 9.30. The summed E-state index contributed by atoms with van der Waals surface area (Å²) in [4.78, 5) is 39.6. The maximum absolute atomic E-state index is 13.0. The Kier molecular flexibility index (Phi) is 6.72. The molecule has 0 spiro atoms. The minimum absolute atomic E-state index is 0.159. The summed E-state index contributed by atoms with van der Waals surface area (Å²) in [5, 5.41) is 12.3. The van der Waals surface area contributed by atoms with Gasteiger partial charge >= 0.3 is 11.8 Å². The number of carbonyl (C=O) groups is 1. The van der Waals surface area contributed by atoms with Gasteiger partial charge in [0, 0.05) is 32.2 Å². The van der Waals surface area contributed by atoms with Gasteiger partial charge in [0.05, 0.1) is 18.2 Å². The second-order valence-electron chi connectivity index (χ2n) is 8.97. The van der Waals surface area contributed by atoms with Crippen LogP contribution >= 0.6 is 0 Å². The van der Waals surface area contributed by atoms with E-state index in [4.69, 9.17) is 4.74 Å². The molecule has 1 amide bonds. The highest BCUT2D eigenvalue weighted by Crippen LogP contribution is 2.20. The molecule has 9 nitrogen and oxygen atoms in total. The third-order valence-corrected chi connectivity index (χ3v) is 5.31. The van der Waals surface area contributed by atoms with Gasteiger partial charge in [-0.2, -0.15) is 5.26 Å². The first-order valence-electron chi connectivity index (χ1n) is 10.6. The second-order valence-corrected chi connectivity index (χ2v) is 8.97. The minimum Gasteiger partial charge on any atom is -0.444 e. The summed E-state index contributed by atoms with van der Waals surface area (Å²) >= 11 is 0. The molecule has 0 bridgehead atoms. The van der Waals surface area contributed by atoms with Crippen LogP contribution in [0.5, 0.6) is 0 Å². The molecule has 0 saturated carbocycles. The summed E-state index contributed by atoms with van der Waals surface area (Å²) in [5.41, 5.74) is -0.294. The van der Waals surface area contributed by atoms with Crippen LogP contribution in [0.3, 0.4) is 0 Å². The van der Waals surface area contributed by atoms with Crippen molar-refractivity contribution >= 4 is 11.9 Å². The number of hydrogen-bond donors (Lipinski definition) is 1. The van der Waals surface area contributed by atoms with Gasteiger partial charge in [-0.05, 0) is 45.2 Å². The molecule has 1 aromatic heterocycles. The number of anilines is 1. The number of ether oxygens (including phenoxy) is 1. The van der Waals surface area contributed by atoms with Crippen molar-refractivity contribution in [1.29, 1.82) is 5.26 Å². The summed E-state index contributed by atoms with van der Waals surface area (Å²) in [6.07, 6.45) is 1.05. The van der Waals surface area contributed by atoms with Gasteiger partial charge in [0.1, 0.15) is 11.4 Å². The van der Waals surface area contributed by atoms with Crippen LogP contribution in [0.1, 0.15) is 44.7 Å². The molecular formula is C23H29N5O4. The van der Waals surface area contributed by atoms with E-state index in [0.717, 1.165) is 17.4 Å². The van der Waals surface area contributed by atoms with Gasteiger partial charge in [0.25, 0.3) is 5.56 Å². The fourth-order valence-electron chi connectivity index (χ4n) is 3.78. The highest BCUT2D eigenvalue weighted by molar-refractivity contribution is 5.68. The van der Waals surface area contributed by atoms with Crippen LogP contribution in [0.2, 0.25) is 0 Å². The van der Waals surface area contributed by atoms with Crippen molar-refractivity contribution in [1.82, 2.24) is 14.5 Å². The summed E-state index contributed by atoms with van der Waals surface area (Å²) in [5.74, 6) is 0.474. The van der Waals surface area contributed by atoms with Crippen molar-refractivity contribution in [3.05, 3.63) is 62.3 Å². The molecule has 1 fully saturated rings. The number of hydrogen-bond acceptors (Lipinski definition) is 6.